The lowest BCUT2D eigenvalue weighted by Crippen LogP contribution is -2.33. The third-order valence-electron chi connectivity index (χ3n) is 4.87. The minimum atomic E-state index is -4.70. The number of nitrogens with one attached hydrogen (secondary N) is 2. The average molecular weight is 478 g/mol. The van der Waals surface area contributed by atoms with Crippen LogP contribution in [0.5, 0.6) is 5.75 Å². The lowest BCUT2D eigenvalue weighted by molar-refractivity contribution is -0.137. The standard InChI is InChI=1S/C22H17F3N2O5S/c1-31-20-10-16-15-7-2-3-8-18(15)32-19(16)11-17(20)27-21(28)12-26-33(29,30)14-6-4-5-13(9-14)22(23,24)25/h2-11,26H,12H2,1H3,(H,27,28). The highest BCUT2D eigenvalue weighted by Gasteiger charge is 2.31. The lowest BCUT2D eigenvalue weighted by Gasteiger charge is -2.12. The molecule has 0 spiro atoms. The summed E-state index contributed by atoms with van der Waals surface area (Å²) in [5, 5.41) is 4.15. The second-order valence-corrected chi connectivity index (χ2v) is 8.81. The van der Waals surface area contributed by atoms with E-state index in [1.807, 2.05) is 22.9 Å². The van der Waals surface area contributed by atoms with E-state index < -0.39 is 39.1 Å². The number of rotatable bonds is 6. The van der Waals surface area contributed by atoms with Gasteiger partial charge in [-0.1, -0.05) is 24.3 Å². The van der Waals surface area contributed by atoms with Crippen molar-refractivity contribution in [3.63, 3.8) is 0 Å². The second kappa shape index (κ2) is 8.41. The molecule has 0 aliphatic carbocycles. The van der Waals surface area contributed by atoms with E-state index in [0.29, 0.717) is 23.0 Å². The topological polar surface area (TPSA) is 97.6 Å². The Kier molecular flexibility index (Phi) is 5.76. The quantitative estimate of drug-likeness (QED) is 0.424. The normalized spacial score (nSPS) is 12.2. The number of halogens is 3. The highest BCUT2D eigenvalue weighted by Crippen LogP contribution is 2.36. The SMILES string of the molecule is COc1cc2c(cc1NC(=O)CNS(=O)(=O)c1cccc(C(F)(F)F)c1)oc1ccccc12. The van der Waals surface area contributed by atoms with E-state index >= 15 is 0 Å². The lowest BCUT2D eigenvalue weighted by atomic mass is 10.1. The van der Waals surface area contributed by atoms with Crippen LogP contribution in [0.1, 0.15) is 5.56 Å². The number of anilines is 1. The number of sulfonamides is 1. The van der Waals surface area contributed by atoms with Crippen LogP contribution in [-0.2, 0) is 21.0 Å². The minimum Gasteiger partial charge on any atom is -0.495 e. The molecule has 172 valence electrons. The van der Waals surface area contributed by atoms with Crippen molar-refractivity contribution < 1.29 is 35.5 Å². The zero-order valence-electron chi connectivity index (χ0n) is 17.1. The van der Waals surface area contributed by atoms with Gasteiger partial charge in [-0.05, 0) is 30.3 Å². The molecule has 11 heteroatoms. The second-order valence-electron chi connectivity index (χ2n) is 7.05. The molecule has 0 atom stereocenters. The molecule has 0 aliphatic rings. The number of hydrogen-bond acceptors (Lipinski definition) is 5. The number of ether oxygens (including phenoxy) is 1. The highest BCUT2D eigenvalue weighted by atomic mass is 32.2. The molecule has 33 heavy (non-hydrogen) atoms. The first-order valence-electron chi connectivity index (χ1n) is 9.54. The molecule has 1 aromatic heterocycles. The Labute approximate surface area is 186 Å². The number of furan rings is 1. The summed E-state index contributed by atoms with van der Waals surface area (Å²) in [4.78, 5) is 11.8. The molecule has 7 nitrogen and oxygen atoms in total. The summed E-state index contributed by atoms with van der Waals surface area (Å²) >= 11 is 0. The molecule has 3 aromatic carbocycles. The van der Waals surface area contributed by atoms with Crippen LogP contribution in [0.15, 0.2) is 70.0 Å². The van der Waals surface area contributed by atoms with E-state index in [4.69, 9.17) is 9.15 Å². The van der Waals surface area contributed by atoms with Crippen molar-refractivity contribution >= 4 is 43.6 Å². The van der Waals surface area contributed by atoms with Crippen molar-refractivity contribution in [2.45, 2.75) is 11.1 Å². The molecule has 4 aromatic rings. The van der Waals surface area contributed by atoms with Gasteiger partial charge in [0, 0.05) is 16.8 Å². The van der Waals surface area contributed by atoms with Gasteiger partial charge in [0.25, 0.3) is 0 Å². The number of amides is 1. The van der Waals surface area contributed by atoms with Crippen LogP contribution in [0, 0.1) is 0 Å². The van der Waals surface area contributed by atoms with E-state index in [1.54, 1.807) is 18.2 Å². The summed E-state index contributed by atoms with van der Waals surface area (Å²) in [7, 11) is -2.95. The molecule has 0 saturated heterocycles. The van der Waals surface area contributed by atoms with Gasteiger partial charge >= 0.3 is 6.18 Å². The van der Waals surface area contributed by atoms with E-state index in [2.05, 4.69) is 5.32 Å². The number of para-hydroxylation sites is 1. The van der Waals surface area contributed by atoms with Gasteiger partial charge in [0.15, 0.2) is 0 Å². The zero-order valence-corrected chi connectivity index (χ0v) is 17.9. The number of alkyl halides is 3. The number of carbonyl (C=O) groups is 1. The summed E-state index contributed by atoms with van der Waals surface area (Å²) in [6.45, 7) is -0.708. The van der Waals surface area contributed by atoms with Crippen molar-refractivity contribution in [2.75, 3.05) is 19.0 Å². The molecule has 0 aliphatic heterocycles. The first-order valence-corrected chi connectivity index (χ1v) is 11.0. The Morgan fingerprint density at radius 3 is 2.48 bits per heavy atom. The van der Waals surface area contributed by atoms with E-state index in [-0.39, 0.29) is 5.69 Å². The van der Waals surface area contributed by atoms with Crippen LogP contribution in [0.2, 0.25) is 0 Å². The van der Waals surface area contributed by atoms with Crippen LogP contribution in [0.25, 0.3) is 21.9 Å². The first-order chi connectivity index (χ1) is 15.6. The fraction of sp³-hybridized carbons (Fsp3) is 0.136. The van der Waals surface area contributed by atoms with Gasteiger partial charge in [0.1, 0.15) is 16.9 Å². The van der Waals surface area contributed by atoms with Crippen LogP contribution in [0.3, 0.4) is 0 Å². The Morgan fingerprint density at radius 1 is 1.00 bits per heavy atom. The maximum absolute atomic E-state index is 12.9. The Hall–Kier alpha value is -3.57. The van der Waals surface area contributed by atoms with Gasteiger partial charge < -0.3 is 14.5 Å². The number of methoxy groups -OCH3 is 1. The van der Waals surface area contributed by atoms with E-state index in [0.717, 1.165) is 29.0 Å². The van der Waals surface area contributed by atoms with Crippen molar-refractivity contribution in [3.8, 4) is 5.75 Å². The first kappa shape index (κ1) is 22.6. The molecular formula is C22H17F3N2O5S. The highest BCUT2D eigenvalue weighted by molar-refractivity contribution is 7.89. The van der Waals surface area contributed by atoms with Crippen molar-refractivity contribution in [3.05, 3.63) is 66.2 Å². The fourth-order valence-corrected chi connectivity index (χ4v) is 4.32. The monoisotopic (exact) mass is 478 g/mol. The number of fused-ring (bicyclic) bond motifs is 3. The number of carbonyl (C=O) groups excluding carboxylic acids is 1. The van der Waals surface area contributed by atoms with Crippen LogP contribution in [-0.4, -0.2) is 28.0 Å². The summed E-state index contributed by atoms with van der Waals surface area (Å²) in [5.74, 6) is -0.428. The molecule has 1 amide bonds. The van der Waals surface area contributed by atoms with Crippen molar-refractivity contribution in [2.24, 2.45) is 0 Å². The smallest absolute Gasteiger partial charge is 0.416 e. The third-order valence-corrected chi connectivity index (χ3v) is 6.27. The summed E-state index contributed by atoms with van der Waals surface area (Å²) in [6, 6.07) is 13.8. The molecule has 0 fully saturated rings. The minimum absolute atomic E-state index is 0.243. The van der Waals surface area contributed by atoms with Gasteiger partial charge in [0.05, 0.1) is 29.8 Å². The van der Waals surface area contributed by atoms with Gasteiger partial charge in [-0.15, -0.1) is 0 Å². The van der Waals surface area contributed by atoms with Gasteiger partial charge in [-0.2, -0.15) is 13.2 Å². The Bertz CT molecular complexity index is 1460. The molecule has 2 N–H and O–H groups in total. The zero-order chi connectivity index (χ0) is 23.8. The summed E-state index contributed by atoms with van der Waals surface area (Å²) in [5.41, 5.74) is 0.259. The van der Waals surface area contributed by atoms with Crippen molar-refractivity contribution in [1.82, 2.24) is 4.72 Å². The van der Waals surface area contributed by atoms with Crippen LogP contribution < -0.4 is 14.8 Å². The largest absolute Gasteiger partial charge is 0.495 e. The van der Waals surface area contributed by atoms with Gasteiger partial charge in [-0.25, -0.2) is 13.1 Å². The van der Waals surface area contributed by atoms with Crippen molar-refractivity contribution in [1.29, 1.82) is 0 Å². The van der Waals surface area contributed by atoms with Crippen LogP contribution >= 0.6 is 0 Å². The molecule has 0 bridgehead atoms. The Morgan fingerprint density at radius 2 is 1.76 bits per heavy atom. The molecule has 1 heterocycles. The molecule has 4 rings (SSSR count). The van der Waals surface area contributed by atoms with Gasteiger partial charge in [-0.3, -0.25) is 4.79 Å². The van der Waals surface area contributed by atoms with Gasteiger partial charge in [0.2, 0.25) is 15.9 Å². The number of hydrogen-bond donors (Lipinski definition) is 2. The van der Waals surface area contributed by atoms with E-state index in [9.17, 15) is 26.4 Å². The number of benzene rings is 3. The summed E-state index contributed by atoms with van der Waals surface area (Å²) < 4.78 is 76.4. The summed E-state index contributed by atoms with van der Waals surface area (Å²) in [6.07, 6.45) is -4.70. The van der Waals surface area contributed by atoms with Crippen LogP contribution in [0.4, 0.5) is 18.9 Å². The predicted molar refractivity (Wildman–Crippen MR) is 116 cm³/mol. The maximum atomic E-state index is 12.9. The fourth-order valence-electron chi connectivity index (χ4n) is 3.30. The third kappa shape index (κ3) is 4.64. The molecule has 0 saturated carbocycles. The Balaban J connectivity index is 1.52. The molecule has 0 radical (unpaired) electrons. The predicted octanol–water partition coefficient (Wildman–Crippen LogP) is 4.53. The maximum Gasteiger partial charge on any atom is 0.416 e. The molecular weight excluding hydrogens is 461 g/mol. The average Bonchev–Trinajstić information content (AvgIpc) is 3.14. The molecule has 0 unspecified atom stereocenters. The van der Waals surface area contributed by atoms with E-state index in [1.165, 1.54) is 7.11 Å².